The van der Waals surface area contributed by atoms with Gasteiger partial charge in [0.2, 0.25) is 0 Å². The minimum Gasteiger partial charge on any atom is -0.482 e. The minimum absolute atomic E-state index is 0.297. The second-order valence-corrected chi connectivity index (χ2v) is 8.37. The molecule has 0 spiro atoms. The Hall–Kier alpha value is -2.97. The first-order valence-corrected chi connectivity index (χ1v) is 10.7. The third-order valence-electron chi connectivity index (χ3n) is 5.85. The molecule has 1 aliphatic heterocycles. The Morgan fingerprint density at radius 2 is 2.03 bits per heavy atom. The molecule has 0 saturated heterocycles. The van der Waals surface area contributed by atoms with Gasteiger partial charge in [-0.1, -0.05) is 11.6 Å². The lowest BCUT2D eigenvalue weighted by atomic mass is 10.1. The zero-order valence-corrected chi connectivity index (χ0v) is 18.5. The zero-order chi connectivity index (χ0) is 21.5. The summed E-state index contributed by atoms with van der Waals surface area (Å²) < 4.78 is 10.2. The molecule has 1 atom stereocenters. The number of aromatic nitrogens is 6. The van der Waals surface area contributed by atoms with Crippen molar-refractivity contribution in [2.75, 3.05) is 20.1 Å². The van der Waals surface area contributed by atoms with E-state index in [9.17, 15) is 0 Å². The lowest BCUT2D eigenvalue weighted by molar-refractivity contribution is 0.223. The van der Waals surface area contributed by atoms with Crippen LogP contribution in [0.1, 0.15) is 30.0 Å². The van der Waals surface area contributed by atoms with Gasteiger partial charge >= 0.3 is 0 Å². The Morgan fingerprint density at radius 1 is 1.16 bits per heavy atom. The maximum Gasteiger partial charge on any atom is 0.148 e. The molecule has 8 nitrogen and oxygen atoms in total. The fraction of sp³-hybridized carbons (Fsp3) is 0.364. The normalized spacial score (nSPS) is 15.6. The standard InChI is InChI=1S/C22H24ClN7O/c1-14-19-4-7-28(3)8-9-29(19)27-21(14)16-10-20(22-17(23)11-26-30(22)13-16)31-15(2)18-12-24-5-6-25-18/h5-6,10-13,15H,4,7-9H2,1-3H3. The van der Waals surface area contributed by atoms with Gasteiger partial charge in [-0.2, -0.15) is 10.2 Å². The molecule has 1 unspecified atom stereocenters. The number of hydrogen-bond acceptors (Lipinski definition) is 6. The highest BCUT2D eigenvalue weighted by molar-refractivity contribution is 6.34. The van der Waals surface area contributed by atoms with Crippen molar-refractivity contribution in [2.45, 2.75) is 32.9 Å². The molecular weight excluding hydrogens is 414 g/mol. The molecular formula is C22H24ClN7O. The van der Waals surface area contributed by atoms with E-state index in [1.807, 2.05) is 19.2 Å². The lowest BCUT2D eigenvalue weighted by Gasteiger charge is -2.16. The largest absolute Gasteiger partial charge is 0.482 e. The van der Waals surface area contributed by atoms with Gasteiger partial charge in [-0.05, 0) is 32.5 Å². The number of fused-ring (bicyclic) bond motifs is 2. The van der Waals surface area contributed by atoms with Crippen molar-refractivity contribution in [3.63, 3.8) is 0 Å². The molecule has 5 heterocycles. The van der Waals surface area contributed by atoms with Crippen LogP contribution >= 0.6 is 11.6 Å². The van der Waals surface area contributed by atoms with E-state index in [-0.39, 0.29) is 6.10 Å². The smallest absolute Gasteiger partial charge is 0.148 e. The summed E-state index contributed by atoms with van der Waals surface area (Å²) in [6.45, 7) is 6.99. The van der Waals surface area contributed by atoms with E-state index in [0.29, 0.717) is 10.8 Å². The van der Waals surface area contributed by atoms with Gasteiger partial charge < -0.3 is 9.64 Å². The van der Waals surface area contributed by atoms with Crippen LogP contribution in [0, 0.1) is 6.92 Å². The predicted octanol–water partition coefficient (Wildman–Crippen LogP) is 3.58. The molecule has 9 heteroatoms. The van der Waals surface area contributed by atoms with E-state index in [2.05, 4.69) is 38.6 Å². The quantitative estimate of drug-likeness (QED) is 0.486. The summed E-state index contributed by atoms with van der Waals surface area (Å²) in [5.41, 5.74) is 5.84. The highest BCUT2D eigenvalue weighted by atomic mass is 35.5. The Labute approximate surface area is 185 Å². The van der Waals surface area contributed by atoms with Crippen LogP contribution in [0.25, 0.3) is 16.8 Å². The number of hydrogen-bond donors (Lipinski definition) is 0. The van der Waals surface area contributed by atoms with E-state index >= 15 is 0 Å². The van der Waals surface area contributed by atoms with Gasteiger partial charge in [0.05, 0.1) is 35.3 Å². The molecule has 0 saturated carbocycles. The molecule has 4 aromatic rings. The van der Waals surface area contributed by atoms with Crippen molar-refractivity contribution in [1.82, 2.24) is 34.3 Å². The average Bonchev–Trinajstić information content (AvgIpc) is 3.24. The second-order valence-electron chi connectivity index (χ2n) is 7.97. The van der Waals surface area contributed by atoms with Gasteiger partial charge in [0, 0.05) is 49.4 Å². The molecule has 0 N–H and O–H groups in total. The van der Waals surface area contributed by atoms with E-state index in [1.165, 1.54) is 11.3 Å². The molecule has 0 amide bonds. The van der Waals surface area contributed by atoms with Crippen LogP contribution in [0.5, 0.6) is 5.75 Å². The van der Waals surface area contributed by atoms with Gasteiger partial charge in [-0.15, -0.1) is 0 Å². The van der Waals surface area contributed by atoms with Crippen molar-refractivity contribution in [1.29, 1.82) is 0 Å². The number of ether oxygens (including phenoxy) is 1. The summed E-state index contributed by atoms with van der Waals surface area (Å²) in [7, 11) is 2.15. The van der Waals surface area contributed by atoms with Crippen LogP contribution in [0.15, 0.2) is 37.1 Å². The van der Waals surface area contributed by atoms with Crippen molar-refractivity contribution in [3.8, 4) is 17.0 Å². The fourth-order valence-electron chi connectivity index (χ4n) is 4.08. The van der Waals surface area contributed by atoms with Gasteiger partial charge in [0.25, 0.3) is 0 Å². The number of likely N-dealkylation sites (N-methyl/N-ethyl adjacent to an activating group) is 1. The molecule has 0 bridgehead atoms. The van der Waals surface area contributed by atoms with E-state index in [1.54, 1.807) is 29.3 Å². The van der Waals surface area contributed by atoms with Crippen LogP contribution in [0.2, 0.25) is 5.02 Å². The molecule has 31 heavy (non-hydrogen) atoms. The topological polar surface area (TPSA) is 73.4 Å². The molecule has 160 valence electrons. The Bertz CT molecular complexity index is 1230. The second kappa shape index (κ2) is 7.94. The van der Waals surface area contributed by atoms with E-state index in [4.69, 9.17) is 21.4 Å². The summed E-state index contributed by atoms with van der Waals surface area (Å²) in [5, 5.41) is 9.90. The molecule has 4 aromatic heterocycles. The number of rotatable bonds is 4. The van der Waals surface area contributed by atoms with Crippen molar-refractivity contribution in [3.05, 3.63) is 59.0 Å². The highest BCUT2D eigenvalue weighted by Crippen LogP contribution is 2.35. The third kappa shape index (κ3) is 3.66. The Morgan fingerprint density at radius 3 is 2.84 bits per heavy atom. The monoisotopic (exact) mass is 437 g/mol. The minimum atomic E-state index is -0.297. The van der Waals surface area contributed by atoms with Gasteiger partial charge in [0.15, 0.2) is 0 Å². The Kier molecular flexibility index (Phi) is 5.11. The number of halogens is 1. The predicted molar refractivity (Wildman–Crippen MR) is 118 cm³/mol. The van der Waals surface area contributed by atoms with E-state index < -0.39 is 0 Å². The summed E-state index contributed by atoms with van der Waals surface area (Å²) in [6.07, 6.45) is 9.29. The van der Waals surface area contributed by atoms with Crippen molar-refractivity contribution < 1.29 is 4.74 Å². The van der Waals surface area contributed by atoms with Crippen LogP contribution in [0.4, 0.5) is 0 Å². The molecule has 0 radical (unpaired) electrons. The van der Waals surface area contributed by atoms with Gasteiger partial charge in [-0.3, -0.25) is 14.6 Å². The lowest BCUT2D eigenvalue weighted by Crippen LogP contribution is -2.21. The first-order valence-electron chi connectivity index (χ1n) is 10.4. The van der Waals surface area contributed by atoms with Crippen LogP contribution in [0.3, 0.4) is 0 Å². The summed E-state index contributed by atoms with van der Waals surface area (Å²) in [5.74, 6) is 0.639. The SMILES string of the molecule is Cc1c(-c2cc(OC(C)c3cnccn3)c3c(Cl)cnn3c2)nn2c1CCN(C)CC2. The van der Waals surface area contributed by atoms with Gasteiger partial charge in [-0.25, -0.2) is 4.52 Å². The van der Waals surface area contributed by atoms with Crippen LogP contribution < -0.4 is 4.74 Å². The summed E-state index contributed by atoms with van der Waals surface area (Å²) in [4.78, 5) is 10.8. The molecule has 5 rings (SSSR count). The maximum absolute atomic E-state index is 6.44. The van der Waals surface area contributed by atoms with E-state index in [0.717, 1.165) is 48.5 Å². The average molecular weight is 438 g/mol. The number of nitrogens with zero attached hydrogens (tertiary/aromatic N) is 7. The first kappa shape index (κ1) is 20.0. The highest BCUT2D eigenvalue weighted by Gasteiger charge is 2.22. The molecule has 0 aromatic carbocycles. The zero-order valence-electron chi connectivity index (χ0n) is 17.8. The molecule has 1 aliphatic rings. The fourth-order valence-corrected chi connectivity index (χ4v) is 4.30. The van der Waals surface area contributed by atoms with Crippen molar-refractivity contribution >= 4 is 17.1 Å². The molecule has 0 aliphatic carbocycles. The Balaban J connectivity index is 1.58. The molecule has 0 fully saturated rings. The summed E-state index contributed by atoms with van der Waals surface area (Å²) in [6, 6.07) is 2.00. The van der Waals surface area contributed by atoms with Crippen LogP contribution in [-0.2, 0) is 13.0 Å². The maximum atomic E-state index is 6.44. The number of pyridine rings is 1. The summed E-state index contributed by atoms with van der Waals surface area (Å²) >= 11 is 6.44. The first-order chi connectivity index (χ1) is 15.0. The van der Waals surface area contributed by atoms with Crippen LogP contribution in [-0.4, -0.2) is 54.4 Å². The third-order valence-corrected chi connectivity index (χ3v) is 6.13. The van der Waals surface area contributed by atoms with Gasteiger partial charge in [0.1, 0.15) is 17.4 Å². The van der Waals surface area contributed by atoms with Crippen molar-refractivity contribution in [2.24, 2.45) is 0 Å².